The fourth-order valence-electron chi connectivity index (χ4n) is 4.35. The number of Topliss-reactive ketones (excluding diaryl/α,β-unsaturated/α-hetero) is 1. The molecule has 5 heteroatoms. The summed E-state index contributed by atoms with van der Waals surface area (Å²) in [5, 5.41) is 3.37. The molecular weight excluding hydrogens is 378 g/mol. The Morgan fingerprint density at radius 1 is 1.13 bits per heavy atom. The van der Waals surface area contributed by atoms with Crippen molar-refractivity contribution in [3.63, 3.8) is 0 Å². The molecule has 2 aliphatic rings. The summed E-state index contributed by atoms with van der Waals surface area (Å²) in [6.45, 7) is 11.0. The number of esters is 1. The Hall–Kier alpha value is -2.56. The number of carbonyl (C=O) groups is 2. The van der Waals surface area contributed by atoms with Crippen LogP contribution in [-0.4, -0.2) is 25.0 Å². The first-order valence-corrected chi connectivity index (χ1v) is 10.9. The van der Waals surface area contributed by atoms with Crippen LogP contribution in [0, 0.1) is 5.41 Å². The van der Waals surface area contributed by atoms with Gasteiger partial charge < -0.3 is 14.8 Å². The summed E-state index contributed by atoms with van der Waals surface area (Å²) in [5.74, 6) is -0.0646. The van der Waals surface area contributed by atoms with Gasteiger partial charge in [0.05, 0.1) is 24.7 Å². The third-order valence-corrected chi connectivity index (χ3v) is 5.59. The van der Waals surface area contributed by atoms with Gasteiger partial charge in [0.15, 0.2) is 5.78 Å². The van der Waals surface area contributed by atoms with E-state index in [2.05, 4.69) is 26.1 Å². The summed E-state index contributed by atoms with van der Waals surface area (Å²) in [6, 6.07) is 7.72. The van der Waals surface area contributed by atoms with Crippen molar-refractivity contribution in [3.05, 3.63) is 52.4 Å². The Balaban J connectivity index is 2.16. The standard InChI is InChI=1S/C25H33NO4/c1-6-12-29-20-11-9-8-10-17(20)22-21(24(28)30-13-7-2)16(3)26-18-14-25(4,5)15-19(27)23(18)22/h8-11,22,26H,6-7,12-15H2,1-5H3. The normalized spacial score (nSPS) is 20.6. The molecule has 162 valence electrons. The molecule has 0 radical (unpaired) electrons. The predicted octanol–water partition coefficient (Wildman–Crippen LogP) is 5.03. The molecule has 30 heavy (non-hydrogen) atoms. The first-order valence-electron chi connectivity index (χ1n) is 10.9. The van der Waals surface area contributed by atoms with Crippen molar-refractivity contribution in [1.29, 1.82) is 0 Å². The van der Waals surface area contributed by atoms with E-state index in [0.717, 1.165) is 36.2 Å². The molecular formula is C25H33NO4. The zero-order valence-electron chi connectivity index (χ0n) is 18.8. The molecule has 5 nitrogen and oxygen atoms in total. The molecule has 1 unspecified atom stereocenters. The molecule has 0 bridgehead atoms. The number of para-hydroxylation sites is 1. The average molecular weight is 412 g/mol. The highest BCUT2D eigenvalue weighted by Crippen LogP contribution is 2.48. The molecule has 1 heterocycles. The fourth-order valence-corrected chi connectivity index (χ4v) is 4.35. The van der Waals surface area contributed by atoms with Gasteiger partial charge in [-0.1, -0.05) is 45.9 Å². The van der Waals surface area contributed by atoms with Gasteiger partial charge in [0.2, 0.25) is 0 Å². The zero-order valence-corrected chi connectivity index (χ0v) is 18.8. The van der Waals surface area contributed by atoms with Gasteiger partial charge in [0.25, 0.3) is 0 Å². The first-order chi connectivity index (χ1) is 14.3. The zero-order chi connectivity index (χ0) is 21.9. The number of nitrogens with one attached hydrogen (secondary N) is 1. The molecule has 0 aromatic heterocycles. The van der Waals surface area contributed by atoms with E-state index >= 15 is 0 Å². The highest BCUT2D eigenvalue weighted by Gasteiger charge is 2.43. The minimum atomic E-state index is -0.484. The van der Waals surface area contributed by atoms with E-state index in [-0.39, 0.29) is 17.2 Å². The second kappa shape index (κ2) is 9.07. The smallest absolute Gasteiger partial charge is 0.336 e. The van der Waals surface area contributed by atoms with E-state index in [1.165, 1.54) is 0 Å². The van der Waals surface area contributed by atoms with E-state index < -0.39 is 5.92 Å². The maximum absolute atomic E-state index is 13.3. The number of rotatable bonds is 7. The molecule has 1 aliphatic carbocycles. The number of ketones is 1. The van der Waals surface area contributed by atoms with Crippen LogP contribution in [0.4, 0.5) is 0 Å². The molecule has 0 saturated carbocycles. The quantitative estimate of drug-likeness (QED) is 0.637. The maximum atomic E-state index is 13.3. The summed E-state index contributed by atoms with van der Waals surface area (Å²) >= 11 is 0. The molecule has 0 amide bonds. The Bertz CT molecular complexity index is 894. The Kier molecular flexibility index (Phi) is 6.69. The van der Waals surface area contributed by atoms with Gasteiger partial charge in [-0.15, -0.1) is 0 Å². The third kappa shape index (κ3) is 4.45. The summed E-state index contributed by atoms with van der Waals surface area (Å²) in [4.78, 5) is 26.4. The highest BCUT2D eigenvalue weighted by molar-refractivity contribution is 6.04. The van der Waals surface area contributed by atoms with Crippen molar-refractivity contribution in [1.82, 2.24) is 5.32 Å². The first kappa shape index (κ1) is 22.1. The van der Waals surface area contributed by atoms with Crippen LogP contribution in [0.3, 0.4) is 0 Å². The predicted molar refractivity (Wildman–Crippen MR) is 117 cm³/mol. The van der Waals surface area contributed by atoms with Crippen molar-refractivity contribution in [2.75, 3.05) is 13.2 Å². The monoisotopic (exact) mass is 411 g/mol. The van der Waals surface area contributed by atoms with E-state index in [4.69, 9.17) is 9.47 Å². The van der Waals surface area contributed by atoms with Gasteiger partial charge in [-0.2, -0.15) is 0 Å². The lowest BCUT2D eigenvalue weighted by Gasteiger charge is -2.39. The van der Waals surface area contributed by atoms with Crippen LogP contribution in [0.15, 0.2) is 46.8 Å². The number of hydrogen-bond acceptors (Lipinski definition) is 5. The SMILES string of the molecule is CCCOC(=O)C1=C(C)NC2=C(C(=O)CC(C)(C)C2)C1c1ccccc1OCCC. The van der Waals surface area contributed by atoms with Gasteiger partial charge in [0.1, 0.15) is 5.75 Å². The van der Waals surface area contributed by atoms with Crippen molar-refractivity contribution < 1.29 is 19.1 Å². The lowest BCUT2D eigenvalue weighted by atomic mass is 9.68. The molecule has 0 spiro atoms. The van der Waals surface area contributed by atoms with Crippen molar-refractivity contribution in [2.24, 2.45) is 5.41 Å². The lowest BCUT2D eigenvalue weighted by Crippen LogP contribution is -2.38. The van der Waals surface area contributed by atoms with Gasteiger partial charge in [-0.25, -0.2) is 4.79 Å². The van der Waals surface area contributed by atoms with Crippen molar-refractivity contribution >= 4 is 11.8 Å². The molecule has 3 rings (SSSR count). The second-order valence-electron chi connectivity index (χ2n) is 8.95. The van der Waals surface area contributed by atoms with Crippen LogP contribution in [0.25, 0.3) is 0 Å². The van der Waals surface area contributed by atoms with Gasteiger partial charge in [0, 0.05) is 29.0 Å². The molecule has 1 aromatic carbocycles. The van der Waals surface area contributed by atoms with Crippen LogP contribution in [0.5, 0.6) is 5.75 Å². The summed E-state index contributed by atoms with van der Waals surface area (Å²) in [7, 11) is 0. The van der Waals surface area contributed by atoms with Gasteiger partial charge >= 0.3 is 5.97 Å². The molecule has 1 aromatic rings. The molecule has 1 N–H and O–H groups in total. The van der Waals surface area contributed by atoms with Gasteiger partial charge in [-0.05, 0) is 37.7 Å². The number of dihydropyridines is 1. The van der Waals surface area contributed by atoms with E-state index in [9.17, 15) is 9.59 Å². The van der Waals surface area contributed by atoms with E-state index in [1.54, 1.807) is 0 Å². The third-order valence-electron chi connectivity index (χ3n) is 5.59. The largest absolute Gasteiger partial charge is 0.493 e. The minimum Gasteiger partial charge on any atom is -0.493 e. The highest BCUT2D eigenvalue weighted by atomic mass is 16.5. The Morgan fingerprint density at radius 2 is 1.83 bits per heavy atom. The van der Waals surface area contributed by atoms with Crippen LogP contribution in [0.2, 0.25) is 0 Å². The maximum Gasteiger partial charge on any atom is 0.336 e. The topological polar surface area (TPSA) is 64.6 Å². The number of benzene rings is 1. The van der Waals surface area contributed by atoms with Crippen LogP contribution >= 0.6 is 0 Å². The summed E-state index contributed by atoms with van der Waals surface area (Å²) < 4.78 is 11.5. The number of ether oxygens (including phenoxy) is 2. The number of hydrogen-bond donors (Lipinski definition) is 1. The summed E-state index contributed by atoms with van der Waals surface area (Å²) in [6.07, 6.45) is 2.84. The van der Waals surface area contributed by atoms with Gasteiger partial charge in [-0.3, -0.25) is 4.79 Å². The van der Waals surface area contributed by atoms with E-state index in [1.807, 2.05) is 38.1 Å². The van der Waals surface area contributed by atoms with Crippen LogP contribution < -0.4 is 10.1 Å². The molecule has 1 atom stereocenters. The molecule has 0 saturated heterocycles. The Morgan fingerprint density at radius 3 is 2.53 bits per heavy atom. The molecule has 1 aliphatic heterocycles. The number of carbonyl (C=O) groups excluding carboxylic acids is 2. The van der Waals surface area contributed by atoms with Crippen LogP contribution in [-0.2, 0) is 14.3 Å². The lowest BCUT2D eigenvalue weighted by molar-refractivity contribution is -0.139. The van der Waals surface area contributed by atoms with E-state index in [0.29, 0.717) is 36.5 Å². The average Bonchev–Trinajstić information content (AvgIpc) is 2.68. The molecule has 0 fully saturated rings. The van der Waals surface area contributed by atoms with Crippen molar-refractivity contribution in [2.45, 2.75) is 66.2 Å². The minimum absolute atomic E-state index is 0.0809. The number of allylic oxidation sites excluding steroid dienone is 3. The second-order valence-corrected chi connectivity index (χ2v) is 8.95. The van der Waals surface area contributed by atoms with Crippen molar-refractivity contribution in [3.8, 4) is 5.75 Å². The Labute approximate surface area is 179 Å². The van der Waals surface area contributed by atoms with Crippen LogP contribution in [0.1, 0.15) is 71.8 Å². The fraction of sp³-hybridized carbons (Fsp3) is 0.520. The summed E-state index contributed by atoms with van der Waals surface area (Å²) in [5.41, 5.74) is 3.56.